The lowest BCUT2D eigenvalue weighted by Gasteiger charge is -2.23. The molecule has 0 nitrogen and oxygen atoms in total. The summed E-state index contributed by atoms with van der Waals surface area (Å²) < 4.78 is 0. The van der Waals surface area contributed by atoms with Crippen LogP contribution in [0.1, 0.15) is 30.9 Å². The monoisotopic (exact) mass is 230 g/mol. The summed E-state index contributed by atoms with van der Waals surface area (Å²) in [5.41, 5.74) is 6.17. The summed E-state index contributed by atoms with van der Waals surface area (Å²) in [6.07, 6.45) is 0. The van der Waals surface area contributed by atoms with E-state index in [4.69, 9.17) is 0 Å². The zero-order valence-corrected chi connectivity index (χ0v) is 12.1. The van der Waals surface area contributed by atoms with E-state index in [2.05, 4.69) is 57.8 Å². The van der Waals surface area contributed by atoms with Gasteiger partial charge in [-0.3, -0.25) is 0 Å². The van der Waals surface area contributed by atoms with Crippen molar-refractivity contribution in [2.24, 2.45) is 0 Å². The minimum Gasteiger partial charge on any atom is -0.0695 e. The Hall–Kier alpha value is -0.823. The van der Waals surface area contributed by atoms with Crippen LogP contribution in [0, 0.1) is 0 Å². The molecule has 1 heteroatoms. The zero-order chi connectivity index (χ0) is 11.9. The van der Waals surface area contributed by atoms with E-state index in [0.29, 0.717) is 5.92 Å². The topological polar surface area (TPSA) is 0 Å². The van der Waals surface area contributed by atoms with Gasteiger partial charge in [-0.05, 0) is 36.6 Å². The second-order valence-corrected chi connectivity index (χ2v) is 11.7. The fourth-order valence-electron chi connectivity index (χ4n) is 2.72. The number of rotatable bonds is 2. The molecule has 1 atom stereocenters. The van der Waals surface area contributed by atoms with Crippen molar-refractivity contribution < 1.29 is 0 Å². The smallest absolute Gasteiger partial charge is 0.0451 e. The van der Waals surface area contributed by atoms with Crippen LogP contribution in [0.3, 0.4) is 0 Å². The normalized spacial score (nSPS) is 20.2. The van der Waals surface area contributed by atoms with Gasteiger partial charge in [0.2, 0.25) is 0 Å². The van der Waals surface area contributed by atoms with E-state index in [0.717, 1.165) is 0 Å². The Kier molecular flexibility index (Phi) is 2.83. The molecule has 0 aromatic heterocycles. The van der Waals surface area contributed by atoms with E-state index < -0.39 is 8.07 Å². The van der Waals surface area contributed by atoms with E-state index >= 15 is 0 Å². The van der Waals surface area contributed by atoms with Gasteiger partial charge in [0.25, 0.3) is 0 Å². The van der Waals surface area contributed by atoms with Crippen molar-refractivity contribution in [3.05, 3.63) is 41.0 Å². The second-order valence-electron chi connectivity index (χ2n) is 6.21. The first-order valence-electron chi connectivity index (χ1n) is 6.17. The first-order valence-corrected chi connectivity index (χ1v) is 9.87. The number of fused-ring (bicyclic) bond motifs is 1. The van der Waals surface area contributed by atoms with Gasteiger partial charge in [-0.1, -0.05) is 49.5 Å². The van der Waals surface area contributed by atoms with Crippen LogP contribution in [-0.4, -0.2) is 8.07 Å². The molecule has 0 N–H and O–H groups in total. The summed E-state index contributed by atoms with van der Waals surface area (Å²) in [5, 5.41) is 0. The second kappa shape index (κ2) is 3.88. The quantitative estimate of drug-likeness (QED) is 0.633. The lowest BCUT2D eigenvalue weighted by atomic mass is 9.99. The first-order chi connectivity index (χ1) is 7.40. The summed E-state index contributed by atoms with van der Waals surface area (Å²) in [5.74, 6) is 0.697. The lowest BCUT2D eigenvalue weighted by molar-refractivity contribution is 0.895. The number of hydrogen-bond acceptors (Lipinski definition) is 0. The van der Waals surface area contributed by atoms with Crippen molar-refractivity contribution in [3.63, 3.8) is 0 Å². The predicted octanol–water partition coefficient (Wildman–Crippen LogP) is 4.92. The molecular formula is C15H22Si. The molecule has 2 rings (SSSR count). The molecule has 0 saturated carbocycles. The molecule has 0 radical (unpaired) electrons. The molecule has 0 bridgehead atoms. The summed E-state index contributed by atoms with van der Waals surface area (Å²) in [7, 11) is -0.996. The maximum atomic E-state index is 2.47. The van der Waals surface area contributed by atoms with Crippen molar-refractivity contribution in [2.45, 2.75) is 45.5 Å². The highest BCUT2D eigenvalue weighted by atomic mass is 28.3. The third-order valence-electron chi connectivity index (χ3n) is 3.67. The highest BCUT2D eigenvalue weighted by molar-refractivity contribution is 6.76. The van der Waals surface area contributed by atoms with Gasteiger partial charge in [0.15, 0.2) is 0 Å². The summed E-state index contributed by atoms with van der Waals surface area (Å²) in [4.78, 5) is 0. The van der Waals surface area contributed by atoms with Gasteiger partial charge in [-0.2, -0.15) is 0 Å². The van der Waals surface area contributed by atoms with Crippen LogP contribution in [0.2, 0.25) is 25.7 Å². The molecule has 0 aliphatic heterocycles. The van der Waals surface area contributed by atoms with Gasteiger partial charge < -0.3 is 0 Å². The first kappa shape index (κ1) is 11.7. The molecule has 16 heavy (non-hydrogen) atoms. The largest absolute Gasteiger partial charge is 0.0695 e. The summed E-state index contributed by atoms with van der Waals surface area (Å²) in [6.45, 7) is 12.0. The van der Waals surface area contributed by atoms with Gasteiger partial charge in [0.1, 0.15) is 0 Å². The minimum atomic E-state index is -0.996. The molecule has 1 aliphatic rings. The Balaban J connectivity index is 2.42. The van der Waals surface area contributed by atoms with E-state index in [9.17, 15) is 0 Å². The standard InChI is InChI=1S/C15H22Si/c1-11-12(2)15(10-16(3,4)5)14-9-7-6-8-13(11)14/h6-9,15H,10H2,1-5H3. The minimum absolute atomic E-state index is 0.697. The molecular weight excluding hydrogens is 208 g/mol. The van der Waals surface area contributed by atoms with Crippen molar-refractivity contribution >= 4 is 13.6 Å². The molecule has 1 aromatic rings. The number of hydrogen-bond donors (Lipinski definition) is 0. The lowest BCUT2D eigenvalue weighted by Crippen LogP contribution is -2.22. The Labute approximate surface area is 100 Å². The Morgan fingerprint density at radius 2 is 1.69 bits per heavy atom. The third-order valence-corrected chi connectivity index (χ3v) is 5.30. The molecule has 0 spiro atoms. The Morgan fingerprint density at radius 3 is 2.31 bits per heavy atom. The average Bonchev–Trinajstić information content (AvgIpc) is 2.43. The van der Waals surface area contributed by atoms with E-state index in [-0.39, 0.29) is 0 Å². The van der Waals surface area contributed by atoms with Crippen molar-refractivity contribution in [1.29, 1.82) is 0 Å². The highest BCUT2D eigenvalue weighted by Gasteiger charge is 2.30. The summed E-state index contributed by atoms with van der Waals surface area (Å²) in [6, 6.07) is 10.3. The van der Waals surface area contributed by atoms with Crippen LogP contribution >= 0.6 is 0 Å². The Morgan fingerprint density at radius 1 is 1.06 bits per heavy atom. The predicted molar refractivity (Wildman–Crippen MR) is 75.6 cm³/mol. The van der Waals surface area contributed by atoms with Crippen LogP contribution in [0.4, 0.5) is 0 Å². The fraction of sp³-hybridized carbons (Fsp3) is 0.467. The SMILES string of the molecule is CC1=C(C)C(C[Si](C)(C)C)c2ccccc21. The molecule has 0 heterocycles. The molecule has 0 fully saturated rings. The van der Waals surface area contributed by atoms with Crippen molar-refractivity contribution in [1.82, 2.24) is 0 Å². The van der Waals surface area contributed by atoms with E-state index in [1.165, 1.54) is 17.2 Å². The van der Waals surface area contributed by atoms with Crippen molar-refractivity contribution in [2.75, 3.05) is 0 Å². The van der Waals surface area contributed by atoms with Gasteiger partial charge in [0.05, 0.1) is 0 Å². The van der Waals surface area contributed by atoms with Gasteiger partial charge in [-0.25, -0.2) is 0 Å². The molecule has 1 aliphatic carbocycles. The maximum absolute atomic E-state index is 2.47. The van der Waals surface area contributed by atoms with Crippen LogP contribution in [0.15, 0.2) is 29.8 Å². The maximum Gasteiger partial charge on any atom is 0.0451 e. The molecule has 1 aromatic carbocycles. The van der Waals surface area contributed by atoms with Crippen LogP contribution in [0.25, 0.3) is 5.57 Å². The molecule has 0 saturated heterocycles. The third kappa shape index (κ3) is 2.01. The van der Waals surface area contributed by atoms with Crippen LogP contribution in [0.5, 0.6) is 0 Å². The van der Waals surface area contributed by atoms with Gasteiger partial charge >= 0.3 is 0 Å². The Bertz CT molecular complexity index is 435. The highest BCUT2D eigenvalue weighted by Crippen LogP contribution is 2.45. The van der Waals surface area contributed by atoms with Gasteiger partial charge in [0, 0.05) is 14.0 Å². The molecule has 86 valence electrons. The summed E-state index contributed by atoms with van der Waals surface area (Å²) >= 11 is 0. The van der Waals surface area contributed by atoms with Crippen LogP contribution < -0.4 is 0 Å². The van der Waals surface area contributed by atoms with Gasteiger partial charge in [-0.15, -0.1) is 0 Å². The molecule has 1 unspecified atom stereocenters. The fourth-order valence-corrected chi connectivity index (χ4v) is 4.48. The van der Waals surface area contributed by atoms with E-state index in [1.807, 2.05) is 0 Å². The number of allylic oxidation sites excluding steroid dienone is 2. The van der Waals surface area contributed by atoms with Crippen LogP contribution in [-0.2, 0) is 0 Å². The molecule has 0 amide bonds. The average molecular weight is 230 g/mol. The number of benzene rings is 1. The van der Waals surface area contributed by atoms with Crippen molar-refractivity contribution in [3.8, 4) is 0 Å². The van der Waals surface area contributed by atoms with E-state index in [1.54, 1.807) is 11.1 Å². The zero-order valence-electron chi connectivity index (χ0n) is 11.1.